The highest BCUT2D eigenvalue weighted by Gasteiger charge is 2.23. The first-order valence-electron chi connectivity index (χ1n) is 6.28. The molecule has 2 rings (SSSR count). The minimum atomic E-state index is -0.423. The molecule has 2 N–H and O–H groups in total. The molecule has 1 aromatic heterocycles. The zero-order chi connectivity index (χ0) is 13.3. The number of nitrogens with zero attached hydrogens (tertiary/aromatic N) is 2. The van der Waals surface area contributed by atoms with Crippen molar-refractivity contribution >= 4 is 5.69 Å². The van der Waals surface area contributed by atoms with Gasteiger partial charge in [-0.15, -0.1) is 0 Å². The van der Waals surface area contributed by atoms with Crippen LogP contribution in [-0.4, -0.2) is 21.3 Å². The molecule has 2 atom stereocenters. The topological polar surface area (TPSA) is 79.2 Å². The Labute approximate surface area is 105 Å². The third kappa shape index (κ3) is 2.33. The fourth-order valence-corrected chi connectivity index (χ4v) is 2.29. The Kier molecular flexibility index (Phi) is 3.56. The van der Waals surface area contributed by atoms with Gasteiger partial charge in [-0.3, -0.25) is 13.9 Å². The molecule has 1 aliphatic heterocycles. The fraction of sp³-hybridized carbons (Fsp3) is 0.667. The Morgan fingerprint density at radius 2 is 2.17 bits per heavy atom. The number of anilines is 1. The molecule has 1 aromatic rings. The number of rotatable bonds is 3. The van der Waals surface area contributed by atoms with Crippen molar-refractivity contribution in [2.45, 2.75) is 52.0 Å². The monoisotopic (exact) mass is 253 g/mol. The predicted molar refractivity (Wildman–Crippen MR) is 68.6 cm³/mol. The van der Waals surface area contributed by atoms with E-state index in [9.17, 15) is 9.59 Å². The molecule has 0 saturated carbocycles. The van der Waals surface area contributed by atoms with E-state index in [-0.39, 0.29) is 30.1 Å². The SMILES string of the molecule is CCn1cc(N)c(=O)n(CC2CCC(C)O2)c1=O. The Bertz CT molecular complexity index is 546. The lowest BCUT2D eigenvalue weighted by atomic mass is 10.2. The van der Waals surface area contributed by atoms with Gasteiger partial charge in [0.2, 0.25) is 0 Å². The molecule has 0 radical (unpaired) electrons. The van der Waals surface area contributed by atoms with Crippen LogP contribution < -0.4 is 17.0 Å². The highest BCUT2D eigenvalue weighted by atomic mass is 16.5. The van der Waals surface area contributed by atoms with E-state index < -0.39 is 5.56 Å². The van der Waals surface area contributed by atoms with Gasteiger partial charge in [-0.05, 0) is 26.7 Å². The smallest absolute Gasteiger partial charge is 0.331 e. The third-order valence-electron chi connectivity index (χ3n) is 3.31. The number of aryl methyl sites for hydroxylation is 1. The first-order valence-corrected chi connectivity index (χ1v) is 6.28. The molecular formula is C12H19N3O3. The number of hydrogen-bond donors (Lipinski definition) is 1. The number of ether oxygens (including phenoxy) is 1. The van der Waals surface area contributed by atoms with Crippen LogP contribution in [0.2, 0.25) is 0 Å². The Balaban J connectivity index is 2.35. The van der Waals surface area contributed by atoms with E-state index in [1.54, 1.807) is 0 Å². The van der Waals surface area contributed by atoms with Gasteiger partial charge in [0, 0.05) is 12.7 Å². The van der Waals surface area contributed by atoms with Crippen LogP contribution in [0.1, 0.15) is 26.7 Å². The van der Waals surface area contributed by atoms with Gasteiger partial charge in [0.1, 0.15) is 5.69 Å². The van der Waals surface area contributed by atoms with E-state index in [0.29, 0.717) is 6.54 Å². The Morgan fingerprint density at radius 1 is 1.44 bits per heavy atom. The van der Waals surface area contributed by atoms with Crippen LogP contribution in [0.25, 0.3) is 0 Å². The lowest BCUT2D eigenvalue weighted by Gasteiger charge is -2.14. The Hall–Kier alpha value is -1.56. The summed E-state index contributed by atoms with van der Waals surface area (Å²) in [5, 5.41) is 0. The van der Waals surface area contributed by atoms with E-state index in [1.807, 2.05) is 13.8 Å². The van der Waals surface area contributed by atoms with Crippen LogP contribution in [0.4, 0.5) is 5.69 Å². The lowest BCUT2D eigenvalue weighted by molar-refractivity contribution is 0.0442. The minimum absolute atomic E-state index is 0.0718. The van der Waals surface area contributed by atoms with Gasteiger partial charge in [-0.25, -0.2) is 4.79 Å². The largest absolute Gasteiger partial charge is 0.393 e. The molecule has 0 spiro atoms. The summed E-state index contributed by atoms with van der Waals surface area (Å²) < 4.78 is 8.26. The van der Waals surface area contributed by atoms with Crippen molar-refractivity contribution < 1.29 is 4.74 Å². The van der Waals surface area contributed by atoms with Gasteiger partial charge in [0.05, 0.1) is 18.8 Å². The summed E-state index contributed by atoms with van der Waals surface area (Å²) in [6.07, 6.45) is 3.36. The molecule has 0 bridgehead atoms. The second-order valence-electron chi connectivity index (χ2n) is 4.71. The van der Waals surface area contributed by atoms with E-state index in [4.69, 9.17) is 10.5 Å². The molecule has 0 aromatic carbocycles. The van der Waals surface area contributed by atoms with Crippen molar-refractivity contribution in [2.75, 3.05) is 5.73 Å². The molecule has 1 saturated heterocycles. The Morgan fingerprint density at radius 3 is 2.72 bits per heavy atom. The highest BCUT2D eigenvalue weighted by Crippen LogP contribution is 2.19. The van der Waals surface area contributed by atoms with Crippen LogP contribution in [-0.2, 0) is 17.8 Å². The van der Waals surface area contributed by atoms with Crippen LogP contribution >= 0.6 is 0 Å². The van der Waals surface area contributed by atoms with E-state index in [0.717, 1.165) is 12.8 Å². The van der Waals surface area contributed by atoms with E-state index in [2.05, 4.69) is 0 Å². The van der Waals surface area contributed by atoms with Crippen molar-refractivity contribution in [3.05, 3.63) is 27.0 Å². The second kappa shape index (κ2) is 4.97. The lowest BCUT2D eigenvalue weighted by Crippen LogP contribution is -2.42. The molecule has 2 heterocycles. The van der Waals surface area contributed by atoms with Gasteiger partial charge < -0.3 is 10.5 Å². The summed E-state index contributed by atoms with van der Waals surface area (Å²) in [5.41, 5.74) is 4.99. The summed E-state index contributed by atoms with van der Waals surface area (Å²) in [6.45, 7) is 4.61. The summed E-state index contributed by atoms with van der Waals surface area (Å²) in [4.78, 5) is 24.0. The number of nitrogen functional groups attached to an aromatic ring is 1. The molecular weight excluding hydrogens is 234 g/mol. The normalized spacial score (nSPS) is 23.4. The predicted octanol–water partition coefficient (Wildman–Crippen LogP) is 0.180. The third-order valence-corrected chi connectivity index (χ3v) is 3.31. The maximum Gasteiger partial charge on any atom is 0.331 e. The molecule has 1 aliphatic rings. The second-order valence-corrected chi connectivity index (χ2v) is 4.71. The van der Waals surface area contributed by atoms with Gasteiger partial charge in [0.15, 0.2) is 0 Å². The first kappa shape index (κ1) is 12.9. The molecule has 1 fully saturated rings. The highest BCUT2D eigenvalue weighted by molar-refractivity contribution is 5.30. The molecule has 0 amide bonds. The minimum Gasteiger partial charge on any atom is -0.393 e. The van der Waals surface area contributed by atoms with Crippen LogP contribution in [0.5, 0.6) is 0 Å². The average molecular weight is 253 g/mol. The van der Waals surface area contributed by atoms with Crippen LogP contribution in [0, 0.1) is 0 Å². The zero-order valence-corrected chi connectivity index (χ0v) is 10.8. The zero-order valence-electron chi connectivity index (χ0n) is 10.8. The number of hydrogen-bond acceptors (Lipinski definition) is 4. The van der Waals surface area contributed by atoms with Crippen molar-refractivity contribution in [2.24, 2.45) is 0 Å². The van der Waals surface area contributed by atoms with Crippen LogP contribution in [0.3, 0.4) is 0 Å². The van der Waals surface area contributed by atoms with Crippen molar-refractivity contribution in [1.29, 1.82) is 0 Å². The molecule has 18 heavy (non-hydrogen) atoms. The first-order chi connectivity index (χ1) is 8.52. The van der Waals surface area contributed by atoms with Crippen LogP contribution in [0.15, 0.2) is 15.8 Å². The molecule has 2 unspecified atom stereocenters. The summed E-state index contributed by atoms with van der Waals surface area (Å²) in [7, 11) is 0. The van der Waals surface area contributed by atoms with E-state index >= 15 is 0 Å². The standard InChI is InChI=1S/C12H19N3O3/c1-3-14-7-10(13)11(16)15(12(14)17)6-9-5-4-8(2)18-9/h7-9H,3-6,13H2,1-2H3. The van der Waals surface area contributed by atoms with Crippen molar-refractivity contribution in [3.8, 4) is 0 Å². The van der Waals surface area contributed by atoms with Crippen molar-refractivity contribution in [1.82, 2.24) is 9.13 Å². The molecule has 6 heteroatoms. The maximum atomic E-state index is 12.1. The fourth-order valence-electron chi connectivity index (χ4n) is 2.29. The molecule has 0 aliphatic carbocycles. The summed E-state index contributed by atoms with van der Waals surface area (Å²) in [6, 6.07) is 0. The van der Waals surface area contributed by atoms with Crippen molar-refractivity contribution in [3.63, 3.8) is 0 Å². The van der Waals surface area contributed by atoms with Gasteiger partial charge >= 0.3 is 5.69 Å². The van der Waals surface area contributed by atoms with Gasteiger partial charge in [-0.2, -0.15) is 0 Å². The quantitative estimate of drug-likeness (QED) is 0.833. The van der Waals surface area contributed by atoms with Gasteiger partial charge in [-0.1, -0.05) is 0 Å². The summed E-state index contributed by atoms with van der Waals surface area (Å²) >= 11 is 0. The maximum absolute atomic E-state index is 12.1. The molecule has 6 nitrogen and oxygen atoms in total. The van der Waals surface area contributed by atoms with E-state index in [1.165, 1.54) is 15.3 Å². The molecule has 100 valence electrons. The average Bonchev–Trinajstić information content (AvgIpc) is 2.75. The number of aromatic nitrogens is 2. The van der Waals surface area contributed by atoms with Gasteiger partial charge in [0.25, 0.3) is 5.56 Å². The number of nitrogens with two attached hydrogens (primary N) is 1. The summed E-state index contributed by atoms with van der Waals surface area (Å²) in [5.74, 6) is 0.